The van der Waals surface area contributed by atoms with Crippen LogP contribution in [0, 0.1) is 11.8 Å². The van der Waals surface area contributed by atoms with Gasteiger partial charge in [-0.05, 0) is 24.0 Å². The third-order valence-corrected chi connectivity index (χ3v) is 3.55. The van der Waals surface area contributed by atoms with Crippen molar-refractivity contribution in [1.82, 2.24) is 0 Å². The first-order chi connectivity index (χ1) is 4.20. The number of hydrogen-bond acceptors (Lipinski definition) is 1. The lowest BCUT2D eigenvalue weighted by molar-refractivity contribution is 0.416. The minimum Gasteiger partial charge on any atom is -0.159 e. The van der Waals surface area contributed by atoms with E-state index in [-0.39, 0.29) is 0 Å². The zero-order chi connectivity index (χ0) is 6.85. The Morgan fingerprint density at radius 1 is 1.44 bits per heavy atom. The van der Waals surface area contributed by atoms with Crippen molar-refractivity contribution in [2.45, 2.75) is 32.4 Å². The second-order valence-corrected chi connectivity index (χ2v) is 4.86. The molecule has 0 bridgehead atoms. The lowest BCUT2D eigenvalue weighted by Gasteiger charge is -2.11. The largest absolute Gasteiger partial charge is 0.159 e. The van der Waals surface area contributed by atoms with Gasteiger partial charge in [-0.25, -0.2) is 0 Å². The molecule has 2 atom stereocenters. The molecule has 1 heteroatoms. The van der Waals surface area contributed by atoms with Crippen LogP contribution in [0.1, 0.15) is 27.2 Å². The summed E-state index contributed by atoms with van der Waals surface area (Å²) in [6.45, 7) is 7.01. The Bertz CT molecular complexity index is 88.6. The highest BCUT2D eigenvalue weighted by atomic mass is 32.2. The molecule has 9 heavy (non-hydrogen) atoms. The van der Waals surface area contributed by atoms with Crippen LogP contribution in [0.2, 0.25) is 0 Å². The van der Waals surface area contributed by atoms with E-state index < -0.39 is 0 Å². The molecule has 54 valence electrons. The molecule has 1 aliphatic heterocycles. The Morgan fingerprint density at radius 3 is 2.33 bits per heavy atom. The van der Waals surface area contributed by atoms with Gasteiger partial charge in [0, 0.05) is 5.25 Å². The molecule has 1 heterocycles. The van der Waals surface area contributed by atoms with Crippen molar-refractivity contribution in [3.8, 4) is 0 Å². The van der Waals surface area contributed by atoms with Crippen LogP contribution in [-0.4, -0.2) is 11.0 Å². The van der Waals surface area contributed by atoms with Gasteiger partial charge in [-0.3, -0.25) is 0 Å². The molecule has 1 aliphatic rings. The van der Waals surface area contributed by atoms with E-state index >= 15 is 0 Å². The van der Waals surface area contributed by atoms with E-state index in [1.54, 1.807) is 0 Å². The number of hydrogen-bond donors (Lipinski definition) is 0. The average Bonchev–Trinajstić information content (AvgIpc) is 2.14. The average molecular weight is 144 g/mol. The van der Waals surface area contributed by atoms with Crippen molar-refractivity contribution in [3.05, 3.63) is 0 Å². The fraction of sp³-hybridized carbons (Fsp3) is 1.00. The minimum absolute atomic E-state index is 0.905. The third kappa shape index (κ3) is 1.89. The lowest BCUT2D eigenvalue weighted by atomic mass is 9.94. The van der Waals surface area contributed by atoms with E-state index in [0.717, 1.165) is 17.1 Å². The molecule has 1 saturated heterocycles. The Hall–Kier alpha value is 0.350. The first-order valence-corrected chi connectivity index (χ1v) is 4.86. The van der Waals surface area contributed by atoms with Gasteiger partial charge in [0.15, 0.2) is 0 Å². The molecule has 0 amide bonds. The topological polar surface area (TPSA) is 0 Å². The summed E-state index contributed by atoms with van der Waals surface area (Å²) in [4.78, 5) is 0. The van der Waals surface area contributed by atoms with Crippen molar-refractivity contribution in [2.75, 3.05) is 5.75 Å². The van der Waals surface area contributed by atoms with E-state index in [1.807, 2.05) is 0 Å². The van der Waals surface area contributed by atoms with Gasteiger partial charge >= 0.3 is 0 Å². The maximum Gasteiger partial charge on any atom is 0.00218 e. The van der Waals surface area contributed by atoms with Gasteiger partial charge in [-0.1, -0.05) is 20.8 Å². The molecule has 1 rings (SSSR count). The molecule has 0 aliphatic carbocycles. The van der Waals surface area contributed by atoms with Crippen LogP contribution in [0.15, 0.2) is 0 Å². The summed E-state index contributed by atoms with van der Waals surface area (Å²) in [5.41, 5.74) is 0. The van der Waals surface area contributed by atoms with Gasteiger partial charge in [0.1, 0.15) is 0 Å². The van der Waals surface area contributed by atoms with Gasteiger partial charge < -0.3 is 0 Å². The summed E-state index contributed by atoms with van der Waals surface area (Å²) in [6.07, 6.45) is 1.45. The minimum atomic E-state index is 0.905. The Labute approximate surface area is 62.4 Å². The van der Waals surface area contributed by atoms with Crippen molar-refractivity contribution in [2.24, 2.45) is 11.8 Å². The molecule has 0 aromatic carbocycles. The van der Waals surface area contributed by atoms with E-state index in [0.29, 0.717) is 0 Å². The zero-order valence-corrected chi connectivity index (χ0v) is 7.37. The van der Waals surface area contributed by atoms with Crippen molar-refractivity contribution >= 4 is 11.8 Å². The SMILES string of the molecule is CC1CC(C(C)C)CS1. The van der Waals surface area contributed by atoms with Gasteiger partial charge in [-0.15, -0.1) is 0 Å². The molecule has 0 N–H and O–H groups in total. The Kier molecular flexibility index (Phi) is 2.45. The first kappa shape index (κ1) is 7.46. The number of thioether (sulfide) groups is 1. The van der Waals surface area contributed by atoms with Crippen molar-refractivity contribution < 1.29 is 0 Å². The molecule has 1 fully saturated rings. The maximum atomic E-state index is 2.34. The Morgan fingerprint density at radius 2 is 2.11 bits per heavy atom. The van der Waals surface area contributed by atoms with Gasteiger partial charge in [0.05, 0.1) is 0 Å². The number of rotatable bonds is 1. The van der Waals surface area contributed by atoms with E-state index in [9.17, 15) is 0 Å². The van der Waals surface area contributed by atoms with Crippen LogP contribution in [0.3, 0.4) is 0 Å². The first-order valence-electron chi connectivity index (χ1n) is 3.81. The van der Waals surface area contributed by atoms with Crippen LogP contribution in [0.5, 0.6) is 0 Å². The van der Waals surface area contributed by atoms with Crippen LogP contribution in [-0.2, 0) is 0 Å². The molecule has 0 spiro atoms. The molecule has 0 saturated carbocycles. The zero-order valence-electron chi connectivity index (χ0n) is 6.55. The van der Waals surface area contributed by atoms with Crippen LogP contribution >= 0.6 is 11.8 Å². The van der Waals surface area contributed by atoms with Crippen LogP contribution < -0.4 is 0 Å². The summed E-state index contributed by atoms with van der Waals surface area (Å²) in [7, 11) is 0. The molecule has 0 aromatic heterocycles. The molecule has 0 aromatic rings. The second kappa shape index (κ2) is 2.96. The fourth-order valence-electron chi connectivity index (χ4n) is 1.31. The van der Waals surface area contributed by atoms with Gasteiger partial charge in [0.2, 0.25) is 0 Å². The quantitative estimate of drug-likeness (QED) is 0.545. The highest BCUT2D eigenvalue weighted by Crippen LogP contribution is 2.34. The molecule has 2 unspecified atom stereocenters. The molecular formula is C8H16S. The Balaban J connectivity index is 2.30. The summed E-state index contributed by atoms with van der Waals surface area (Å²) in [5, 5.41) is 0.928. The molecular weight excluding hydrogens is 128 g/mol. The predicted octanol–water partition coefficient (Wildman–Crippen LogP) is 2.78. The van der Waals surface area contributed by atoms with E-state index in [4.69, 9.17) is 0 Å². The standard InChI is InChI=1S/C8H16S/c1-6(2)8-4-7(3)9-5-8/h6-8H,4-5H2,1-3H3. The highest BCUT2D eigenvalue weighted by Gasteiger charge is 2.23. The summed E-state index contributed by atoms with van der Waals surface area (Å²) in [5.74, 6) is 3.31. The van der Waals surface area contributed by atoms with Crippen LogP contribution in [0.4, 0.5) is 0 Å². The summed E-state index contributed by atoms with van der Waals surface area (Å²) in [6, 6.07) is 0. The van der Waals surface area contributed by atoms with Crippen molar-refractivity contribution in [3.63, 3.8) is 0 Å². The van der Waals surface area contributed by atoms with E-state index in [1.165, 1.54) is 12.2 Å². The highest BCUT2D eigenvalue weighted by molar-refractivity contribution is 8.00. The maximum absolute atomic E-state index is 2.34. The van der Waals surface area contributed by atoms with Crippen molar-refractivity contribution in [1.29, 1.82) is 0 Å². The lowest BCUT2D eigenvalue weighted by Crippen LogP contribution is -2.07. The second-order valence-electron chi connectivity index (χ2n) is 3.38. The van der Waals surface area contributed by atoms with Gasteiger partial charge in [0.25, 0.3) is 0 Å². The van der Waals surface area contributed by atoms with E-state index in [2.05, 4.69) is 32.5 Å². The summed E-state index contributed by atoms with van der Waals surface area (Å²) >= 11 is 2.13. The molecule has 0 nitrogen and oxygen atoms in total. The van der Waals surface area contributed by atoms with Crippen LogP contribution in [0.25, 0.3) is 0 Å². The monoisotopic (exact) mass is 144 g/mol. The predicted molar refractivity (Wildman–Crippen MR) is 44.9 cm³/mol. The fourth-order valence-corrected chi connectivity index (χ4v) is 2.79. The third-order valence-electron chi connectivity index (χ3n) is 2.17. The normalized spacial score (nSPS) is 36.0. The smallest absolute Gasteiger partial charge is 0.00218 e. The van der Waals surface area contributed by atoms with Gasteiger partial charge in [-0.2, -0.15) is 11.8 Å². The summed E-state index contributed by atoms with van der Waals surface area (Å²) < 4.78 is 0. The molecule has 0 radical (unpaired) electrons.